The molecule has 0 aromatic heterocycles. The summed E-state index contributed by atoms with van der Waals surface area (Å²) in [4.78, 5) is 11.7. The van der Waals surface area contributed by atoms with Gasteiger partial charge in [-0.2, -0.15) is 0 Å². The minimum absolute atomic E-state index is 0.303. The minimum atomic E-state index is -1.18. The zero-order valence-electron chi connectivity index (χ0n) is 14.9. The first-order valence-corrected chi connectivity index (χ1v) is 9.27. The van der Waals surface area contributed by atoms with Crippen molar-refractivity contribution in [2.45, 2.75) is 96.2 Å². The van der Waals surface area contributed by atoms with Gasteiger partial charge < -0.3 is 14.9 Å². The summed E-state index contributed by atoms with van der Waals surface area (Å²) in [5, 5.41) is 19.3. The average molecular weight is 326 g/mol. The van der Waals surface area contributed by atoms with Crippen molar-refractivity contribution in [1.29, 1.82) is 0 Å². The van der Waals surface area contributed by atoms with Gasteiger partial charge in [-0.1, -0.05) is 70.8 Å². The van der Waals surface area contributed by atoms with E-state index in [1.807, 2.05) is 0 Å². The fraction of sp³-hybridized carbons (Fsp3) is 0.842. The van der Waals surface area contributed by atoms with Crippen molar-refractivity contribution in [2.24, 2.45) is 0 Å². The second-order valence-corrected chi connectivity index (χ2v) is 6.89. The van der Waals surface area contributed by atoms with Crippen molar-refractivity contribution in [3.63, 3.8) is 0 Å². The fourth-order valence-corrected chi connectivity index (χ4v) is 2.97. The van der Waals surface area contributed by atoms with Gasteiger partial charge in [0.1, 0.15) is 6.10 Å². The summed E-state index contributed by atoms with van der Waals surface area (Å²) >= 11 is 0. The normalized spacial score (nSPS) is 26.0. The first-order valence-electron chi connectivity index (χ1n) is 9.27. The average Bonchev–Trinajstić information content (AvgIpc) is 2.76. The summed E-state index contributed by atoms with van der Waals surface area (Å²) in [5.41, 5.74) is -0.877. The molecule has 0 bridgehead atoms. The second-order valence-electron chi connectivity index (χ2n) is 6.89. The van der Waals surface area contributed by atoms with Gasteiger partial charge in [0.05, 0.1) is 12.2 Å². The number of ether oxygens (including phenoxy) is 1. The van der Waals surface area contributed by atoms with Crippen molar-refractivity contribution in [3.8, 4) is 0 Å². The largest absolute Gasteiger partial charge is 0.450 e. The third-order valence-corrected chi connectivity index (χ3v) is 4.67. The molecule has 23 heavy (non-hydrogen) atoms. The Hall–Kier alpha value is -0.870. The molecule has 1 fully saturated rings. The van der Waals surface area contributed by atoms with E-state index in [0.29, 0.717) is 5.57 Å². The predicted molar refractivity (Wildman–Crippen MR) is 92.1 cm³/mol. The van der Waals surface area contributed by atoms with E-state index >= 15 is 0 Å². The molecule has 1 rings (SSSR count). The van der Waals surface area contributed by atoms with Crippen LogP contribution >= 0.6 is 0 Å². The summed E-state index contributed by atoms with van der Waals surface area (Å²) in [7, 11) is 0. The molecule has 0 aliphatic carbocycles. The monoisotopic (exact) mass is 326 g/mol. The van der Waals surface area contributed by atoms with Crippen LogP contribution in [0.2, 0.25) is 0 Å². The molecule has 134 valence electrons. The Balaban J connectivity index is 2.09. The van der Waals surface area contributed by atoms with Gasteiger partial charge in [0.25, 0.3) is 0 Å². The Morgan fingerprint density at radius 1 is 1.04 bits per heavy atom. The maximum absolute atomic E-state index is 11.7. The molecule has 1 aliphatic heterocycles. The summed E-state index contributed by atoms with van der Waals surface area (Å²) in [5.74, 6) is -0.499. The van der Waals surface area contributed by atoms with Gasteiger partial charge in [-0.25, -0.2) is 4.79 Å². The van der Waals surface area contributed by atoms with E-state index in [9.17, 15) is 15.0 Å². The molecule has 0 unspecified atom stereocenters. The number of hydrogen-bond donors (Lipinski definition) is 2. The van der Waals surface area contributed by atoms with Gasteiger partial charge in [-0.15, -0.1) is 0 Å². The van der Waals surface area contributed by atoms with Crippen LogP contribution in [0.25, 0.3) is 0 Å². The molecule has 2 N–H and O–H groups in total. The van der Waals surface area contributed by atoms with Crippen LogP contribution in [-0.2, 0) is 9.53 Å². The van der Waals surface area contributed by atoms with Gasteiger partial charge in [0.15, 0.2) is 5.60 Å². The van der Waals surface area contributed by atoms with Crippen LogP contribution in [0, 0.1) is 0 Å². The number of esters is 1. The lowest BCUT2D eigenvalue weighted by Crippen LogP contribution is -2.40. The number of unbranched alkanes of at least 4 members (excludes halogenated alkanes) is 10. The SMILES string of the molecule is CCCCCCCCCCCC/C=C1\C(=O)O[C@@](C)(CO)[C@@H]1O. The summed E-state index contributed by atoms with van der Waals surface area (Å²) in [6, 6.07) is 0. The molecule has 4 heteroatoms. The molecule has 1 aliphatic rings. The smallest absolute Gasteiger partial charge is 0.337 e. The number of allylic oxidation sites excluding steroid dienone is 1. The third-order valence-electron chi connectivity index (χ3n) is 4.67. The highest BCUT2D eigenvalue weighted by molar-refractivity contribution is 5.92. The zero-order valence-corrected chi connectivity index (χ0v) is 14.9. The van der Waals surface area contributed by atoms with Crippen molar-refractivity contribution in [3.05, 3.63) is 11.6 Å². The van der Waals surface area contributed by atoms with Crippen LogP contribution in [0.3, 0.4) is 0 Å². The van der Waals surface area contributed by atoms with Crippen LogP contribution in [0.15, 0.2) is 11.6 Å². The Bertz CT molecular complexity index is 378. The molecule has 0 spiro atoms. The molecule has 2 atom stereocenters. The highest BCUT2D eigenvalue weighted by Gasteiger charge is 2.48. The minimum Gasteiger partial charge on any atom is -0.450 e. The van der Waals surface area contributed by atoms with Crippen molar-refractivity contribution in [1.82, 2.24) is 0 Å². The van der Waals surface area contributed by atoms with Crippen molar-refractivity contribution < 1.29 is 19.7 Å². The lowest BCUT2D eigenvalue weighted by Gasteiger charge is -2.22. The van der Waals surface area contributed by atoms with E-state index in [-0.39, 0.29) is 6.61 Å². The third kappa shape index (κ3) is 6.64. The van der Waals surface area contributed by atoms with Crippen LogP contribution in [0.5, 0.6) is 0 Å². The van der Waals surface area contributed by atoms with E-state index in [4.69, 9.17) is 4.74 Å². The van der Waals surface area contributed by atoms with E-state index in [2.05, 4.69) is 6.92 Å². The number of hydrogen-bond acceptors (Lipinski definition) is 4. The maximum Gasteiger partial charge on any atom is 0.337 e. The number of aliphatic hydroxyl groups is 2. The van der Waals surface area contributed by atoms with Gasteiger partial charge in [-0.05, 0) is 19.8 Å². The van der Waals surface area contributed by atoms with E-state index < -0.39 is 17.7 Å². The number of cyclic esters (lactones) is 1. The molecule has 0 aromatic rings. The van der Waals surface area contributed by atoms with Gasteiger partial charge in [-0.3, -0.25) is 0 Å². The molecule has 0 aromatic carbocycles. The Labute approximate surface area is 140 Å². The predicted octanol–water partition coefficient (Wildman–Crippen LogP) is 3.89. The standard InChI is InChI=1S/C19H34O4/c1-3-4-5-6-7-8-9-10-11-12-13-14-16-17(21)19(2,15-20)23-18(16)22/h14,17,20-21H,3-13,15H2,1-2H3/b16-14-/t17-,19+/m1/s1. The molecule has 4 nitrogen and oxygen atoms in total. The van der Waals surface area contributed by atoms with Crippen LogP contribution in [0.4, 0.5) is 0 Å². The Kier molecular flexibility index (Phi) is 9.49. The molecule has 0 radical (unpaired) electrons. The quantitative estimate of drug-likeness (QED) is 0.324. The Morgan fingerprint density at radius 3 is 2.04 bits per heavy atom. The van der Waals surface area contributed by atoms with Crippen molar-refractivity contribution >= 4 is 5.97 Å². The fourth-order valence-electron chi connectivity index (χ4n) is 2.97. The highest BCUT2D eigenvalue weighted by Crippen LogP contribution is 2.31. The van der Waals surface area contributed by atoms with Crippen LogP contribution < -0.4 is 0 Å². The maximum atomic E-state index is 11.7. The second kappa shape index (κ2) is 10.8. The van der Waals surface area contributed by atoms with Gasteiger partial charge in [0, 0.05) is 0 Å². The number of carbonyl (C=O) groups excluding carboxylic acids is 1. The molecule has 1 saturated heterocycles. The summed E-state index contributed by atoms with van der Waals surface area (Å²) in [6.45, 7) is 3.43. The molecular formula is C19H34O4. The van der Waals surface area contributed by atoms with Crippen LogP contribution in [0.1, 0.15) is 84.5 Å². The molecule has 1 heterocycles. The van der Waals surface area contributed by atoms with Gasteiger partial charge >= 0.3 is 5.97 Å². The summed E-state index contributed by atoms with van der Waals surface area (Å²) < 4.78 is 5.07. The number of rotatable bonds is 12. The lowest BCUT2D eigenvalue weighted by atomic mass is 9.96. The van der Waals surface area contributed by atoms with E-state index in [1.54, 1.807) is 13.0 Å². The molecule has 0 amide bonds. The summed E-state index contributed by atoms with van der Waals surface area (Å²) in [6.07, 6.45) is 14.3. The number of carbonyl (C=O) groups is 1. The lowest BCUT2D eigenvalue weighted by molar-refractivity contribution is -0.152. The zero-order chi connectivity index (χ0) is 17.1. The highest BCUT2D eigenvalue weighted by atomic mass is 16.6. The molecular weight excluding hydrogens is 292 g/mol. The van der Waals surface area contributed by atoms with Gasteiger partial charge in [0.2, 0.25) is 0 Å². The number of aliphatic hydroxyl groups excluding tert-OH is 2. The first kappa shape index (κ1) is 20.2. The van der Waals surface area contributed by atoms with E-state index in [0.717, 1.165) is 19.3 Å². The topological polar surface area (TPSA) is 66.8 Å². The van der Waals surface area contributed by atoms with Crippen molar-refractivity contribution in [2.75, 3.05) is 6.61 Å². The molecule has 0 saturated carbocycles. The van der Waals surface area contributed by atoms with E-state index in [1.165, 1.54) is 51.4 Å². The Morgan fingerprint density at radius 2 is 1.57 bits per heavy atom. The first-order chi connectivity index (χ1) is 11.0. The van der Waals surface area contributed by atoms with Crippen LogP contribution in [-0.4, -0.2) is 34.5 Å².